The lowest BCUT2D eigenvalue weighted by atomic mass is 10.1. The van der Waals surface area contributed by atoms with E-state index in [4.69, 9.17) is 10.5 Å². The third kappa shape index (κ3) is 5.59. The maximum atomic E-state index is 12.1. The monoisotopic (exact) mass is 339 g/mol. The number of nitrogens with one attached hydrogen (secondary N) is 1. The fourth-order valence-electron chi connectivity index (χ4n) is 2.94. The van der Waals surface area contributed by atoms with Crippen molar-refractivity contribution in [2.75, 3.05) is 32.0 Å². The average Bonchev–Trinajstić information content (AvgIpc) is 2.63. The first-order valence-corrected chi connectivity index (χ1v) is 8.68. The molecular weight excluding hydrogens is 314 g/mol. The summed E-state index contributed by atoms with van der Waals surface area (Å²) in [4.78, 5) is 14.5. The lowest BCUT2D eigenvalue weighted by molar-refractivity contribution is -0.120. The molecule has 1 amide bonds. The number of morpholine rings is 1. The summed E-state index contributed by atoms with van der Waals surface area (Å²) in [6, 6.07) is 15.8. The zero-order valence-corrected chi connectivity index (χ0v) is 14.4. The molecule has 0 saturated carbocycles. The van der Waals surface area contributed by atoms with E-state index >= 15 is 0 Å². The van der Waals surface area contributed by atoms with Crippen LogP contribution in [0.5, 0.6) is 0 Å². The predicted molar refractivity (Wildman–Crippen MR) is 98.9 cm³/mol. The quantitative estimate of drug-likeness (QED) is 0.790. The molecule has 2 aromatic carbocycles. The topological polar surface area (TPSA) is 67.6 Å². The highest BCUT2D eigenvalue weighted by Crippen LogP contribution is 2.10. The highest BCUT2D eigenvalue weighted by Gasteiger charge is 2.11. The van der Waals surface area contributed by atoms with Crippen LogP contribution in [-0.2, 0) is 29.0 Å². The summed E-state index contributed by atoms with van der Waals surface area (Å²) in [6.07, 6.45) is 0.369. The minimum atomic E-state index is 0.0170. The maximum absolute atomic E-state index is 12.1. The lowest BCUT2D eigenvalue weighted by Crippen LogP contribution is -2.35. The lowest BCUT2D eigenvalue weighted by Gasteiger charge is -2.26. The van der Waals surface area contributed by atoms with E-state index in [2.05, 4.69) is 28.4 Å². The van der Waals surface area contributed by atoms with Crippen molar-refractivity contribution >= 4 is 11.6 Å². The third-order valence-corrected chi connectivity index (χ3v) is 4.34. The SMILES string of the molecule is Nc1ccc(CC(=O)NCc2cccc(CN3CCOCC3)c2)cc1. The van der Waals surface area contributed by atoms with Gasteiger partial charge in [0, 0.05) is 31.9 Å². The second-order valence-electron chi connectivity index (χ2n) is 6.40. The van der Waals surface area contributed by atoms with Crippen molar-refractivity contribution in [3.05, 3.63) is 65.2 Å². The number of hydrogen-bond acceptors (Lipinski definition) is 4. The summed E-state index contributed by atoms with van der Waals surface area (Å²) in [5, 5.41) is 2.99. The largest absolute Gasteiger partial charge is 0.399 e. The number of nitrogens with zero attached hydrogens (tertiary/aromatic N) is 1. The molecule has 0 unspecified atom stereocenters. The molecule has 5 nitrogen and oxygen atoms in total. The normalized spacial score (nSPS) is 15.0. The summed E-state index contributed by atoms with van der Waals surface area (Å²) in [6.45, 7) is 5.04. The average molecular weight is 339 g/mol. The van der Waals surface area contributed by atoms with Crippen molar-refractivity contribution in [1.82, 2.24) is 10.2 Å². The Morgan fingerprint density at radius 1 is 1.04 bits per heavy atom. The number of carbonyl (C=O) groups excluding carboxylic acids is 1. The number of rotatable bonds is 6. The summed E-state index contributed by atoms with van der Waals surface area (Å²) >= 11 is 0. The zero-order valence-electron chi connectivity index (χ0n) is 14.4. The second-order valence-corrected chi connectivity index (χ2v) is 6.40. The van der Waals surface area contributed by atoms with Crippen molar-refractivity contribution < 1.29 is 9.53 Å². The van der Waals surface area contributed by atoms with Crippen LogP contribution in [0, 0.1) is 0 Å². The van der Waals surface area contributed by atoms with Gasteiger partial charge in [-0.2, -0.15) is 0 Å². The fraction of sp³-hybridized carbons (Fsp3) is 0.350. The van der Waals surface area contributed by atoms with Crippen LogP contribution >= 0.6 is 0 Å². The van der Waals surface area contributed by atoms with Gasteiger partial charge in [0.2, 0.25) is 5.91 Å². The summed E-state index contributed by atoms with van der Waals surface area (Å²) in [5.74, 6) is 0.0170. The Labute approximate surface area is 148 Å². The van der Waals surface area contributed by atoms with Gasteiger partial charge in [-0.15, -0.1) is 0 Å². The van der Waals surface area contributed by atoms with Crippen LogP contribution in [0.4, 0.5) is 5.69 Å². The van der Waals surface area contributed by atoms with Crippen LogP contribution in [0.3, 0.4) is 0 Å². The number of benzene rings is 2. The molecule has 1 heterocycles. The van der Waals surface area contributed by atoms with E-state index in [9.17, 15) is 4.79 Å². The van der Waals surface area contributed by atoms with Crippen LogP contribution in [0.2, 0.25) is 0 Å². The Bertz CT molecular complexity index is 694. The van der Waals surface area contributed by atoms with Gasteiger partial charge in [0.25, 0.3) is 0 Å². The minimum absolute atomic E-state index is 0.0170. The Kier molecular flexibility index (Phi) is 6.04. The number of carbonyl (C=O) groups is 1. The zero-order chi connectivity index (χ0) is 17.5. The third-order valence-electron chi connectivity index (χ3n) is 4.34. The van der Waals surface area contributed by atoms with Crippen molar-refractivity contribution in [2.45, 2.75) is 19.5 Å². The standard InChI is InChI=1S/C20H25N3O2/c21-19-6-4-16(5-7-19)13-20(24)22-14-17-2-1-3-18(12-17)15-23-8-10-25-11-9-23/h1-7,12H,8-11,13-15,21H2,(H,22,24). The molecule has 2 aromatic rings. The highest BCUT2D eigenvalue weighted by atomic mass is 16.5. The summed E-state index contributed by atoms with van der Waals surface area (Å²) < 4.78 is 5.39. The van der Waals surface area contributed by atoms with Gasteiger partial charge in [0.1, 0.15) is 0 Å². The molecule has 0 radical (unpaired) electrons. The summed E-state index contributed by atoms with van der Waals surface area (Å²) in [7, 11) is 0. The fourth-order valence-corrected chi connectivity index (χ4v) is 2.94. The molecule has 1 aliphatic rings. The smallest absolute Gasteiger partial charge is 0.224 e. The van der Waals surface area contributed by atoms with Crippen LogP contribution in [0.25, 0.3) is 0 Å². The first-order chi connectivity index (χ1) is 12.2. The maximum Gasteiger partial charge on any atom is 0.224 e. The Balaban J connectivity index is 1.49. The molecule has 0 aromatic heterocycles. The van der Waals surface area contributed by atoms with Crippen LogP contribution in [0.1, 0.15) is 16.7 Å². The molecule has 5 heteroatoms. The Morgan fingerprint density at radius 3 is 2.52 bits per heavy atom. The van der Waals surface area contributed by atoms with Gasteiger partial charge in [0.15, 0.2) is 0 Å². The van der Waals surface area contributed by atoms with Crippen LogP contribution < -0.4 is 11.1 Å². The van der Waals surface area contributed by atoms with E-state index < -0.39 is 0 Å². The van der Waals surface area contributed by atoms with Gasteiger partial charge in [-0.05, 0) is 28.8 Å². The number of hydrogen-bond donors (Lipinski definition) is 2. The molecule has 0 bridgehead atoms. The number of amides is 1. The van der Waals surface area contributed by atoms with Gasteiger partial charge in [0.05, 0.1) is 19.6 Å². The van der Waals surface area contributed by atoms with Gasteiger partial charge in [-0.1, -0.05) is 36.4 Å². The molecule has 3 rings (SSSR count). The molecule has 132 valence electrons. The highest BCUT2D eigenvalue weighted by molar-refractivity contribution is 5.78. The number of anilines is 1. The van der Waals surface area contributed by atoms with Crippen LogP contribution in [0.15, 0.2) is 48.5 Å². The molecule has 1 saturated heterocycles. The van der Waals surface area contributed by atoms with Crippen LogP contribution in [-0.4, -0.2) is 37.1 Å². The second kappa shape index (κ2) is 8.65. The van der Waals surface area contributed by atoms with E-state index in [1.807, 2.05) is 30.3 Å². The minimum Gasteiger partial charge on any atom is -0.399 e. The van der Waals surface area contributed by atoms with Crippen molar-refractivity contribution in [2.24, 2.45) is 0 Å². The van der Waals surface area contributed by atoms with Gasteiger partial charge in [-0.25, -0.2) is 0 Å². The molecular formula is C20H25N3O2. The van der Waals surface area contributed by atoms with Crippen molar-refractivity contribution in [3.63, 3.8) is 0 Å². The van der Waals surface area contributed by atoms with Gasteiger partial charge < -0.3 is 15.8 Å². The van der Waals surface area contributed by atoms with Crippen molar-refractivity contribution in [1.29, 1.82) is 0 Å². The molecule has 25 heavy (non-hydrogen) atoms. The molecule has 1 aliphatic heterocycles. The van der Waals surface area contributed by atoms with E-state index in [1.54, 1.807) is 0 Å². The first kappa shape index (κ1) is 17.5. The van der Waals surface area contributed by atoms with E-state index in [1.165, 1.54) is 5.56 Å². The van der Waals surface area contributed by atoms with Crippen molar-refractivity contribution in [3.8, 4) is 0 Å². The molecule has 1 fully saturated rings. The van der Waals surface area contributed by atoms with E-state index in [-0.39, 0.29) is 5.91 Å². The van der Waals surface area contributed by atoms with E-state index in [0.29, 0.717) is 18.7 Å². The first-order valence-electron chi connectivity index (χ1n) is 8.68. The predicted octanol–water partition coefficient (Wildman–Crippen LogP) is 1.96. The molecule has 0 atom stereocenters. The van der Waals surface area contributed by atoms with E-state index in [0.717, 1.165) is 44.0 Å². The summed E-state index contributed by atoms with van der Waals surface area (Å²) in [5.41, 5.74) is 9.73. The molecule has 0 spiro atoms. The Morgan fingerprint density at radius 2 is 1.76 bits per heavy atom. The van der Waals surface area contributed by atoms with Gasteiger partial charge >= 0.3 is 0 Å². The molecule has 0 aliphatic carbocycles. The van der Waals surface area contributed by atoms with Gasteiger partial charge in [-0.3, -0.25) is 9.69 Å². The Hall–Kier alpha value is -2.37. The number of ether oxygens (including phenoxy) is 1. The molecule has 3 N–H and O–H groups in total. The number of nitrogens with two attached hydrogens (primary N) is 1. The number of nitrogen functional groups attached to an aromatic ring is 1.